The van der Waals surface area contributed by atoms with E-state index >= 15 is 0 Å². The van der Waals surface area contributed by atoms with Gasteiger partial charge in [-0.15, -0.1) is 0 Å². The number of benzene rings is 2. The molecule has 9 nitrogen and oxygen atoms in total. The predicted molar refractivity (Wildman–Crippen MR) is 97.7 cm³/mol. The number of fused-ring (bicyclic) bond motifs is 1. The van der Waals surface area contributed by atoms with E-state index in [0.29, 0.717) is 16.7 Å². The topological polar surface area (TPSA) is 134 Å². The molecule has 2 aromatic carbocycles. The number of amides is 1. The van der Waals surface area contributed by atoms with Crippen LogP contribution in [0.5, 0.6) is 0 Å². The molecule has 4 aromatic rings. The molecule has 27 heavy (non-hydrogen) atoms. The monoisotopic (exact) mass is 364 g/mol. The van der Waals surface area contributed by atoms with Gasteiger partial charge < -0.3 is 19.7 Å². The van der Waals surface area contributed by atoms with E-state index in [0.717, 1.165) is 0 Å². The van der Waals surface area contributed by atoms with E-state index in [2.05, 4.69) is 15.3 Å². The maximum atomic E-state index is 12.4. The van der Waals surface area contributed by atoms with Gasteiger partial charge in [0, 0.05) is 11.8 Å². The number of nitrogens with one attached hydrogen (secondary N) is 3. The molecule has 0 saturated heterocycles. The second-order valence-electron chi connectivity index (χ2n) is 5.73. The first-order valence-corrected chi connectivity index (χ1v) is 7.88. The highest BCUT2D eigenvalue weighted by Crippen LogP contribution is 2.31. The van der Waals surface area contributed by atoms with Crippen LogP contribution in [0, 0.1) is 10.1 Å². The molecule has 1 amide bonds. The molecule has 0 saturated carbocycles. The number of H-pyrrole nitrogens is 2. The maximum absolute atomic E-state index is 12.4. The number of carbonyl (C=O) groups excluding carboxylic acids is 1. The standard InChI is InChI=1S/C18H12N4O5/c23-17(19-10-5-6-12-13(9-10)21-18(24)20-12)16-8-7-15(27-16)11-3-1-2-4-14(11)22(25)26/h1-9H,(H,19,23)(H2,20,21,24). The highest BCUT2D eigenvalue weighted by Gasteiger charge is 2.19. The molecule has 3 N–H and O–H groups in total. The van der Waals surface area contributed by atoms with Gasteiger partial charge in [0.25, 0.3) is 11.6 Å². The van der Waals surface area contributed by atoms with Gasteiger partial charge in [-0.3, -0.25) is 14.9 Å². The number of imidazole rings is 1. The zero-order valence-corrected chi connectivity index (χ0v) is 13.7. The highest BCUT2D eigenvalue weighted by atomic mass is 16.6. The summed E-state index contributed by atoms with van der Waals surface area (Å²) in [5.74, 6) is -0.291. The number of anilines is 1. The molecule has 0 aliphatic heterocycles. The van der Waals surface area contributed by atoms with Gasteiger partial charge in [0.15, 0.2) is 5.76 Å². The fourth-order valence-corrected chi connectivity index (χ4v) is 2.75. The minimum absolute atomic E-state index is 0.00538. The molecule has 0 aliphatic carbocycles. The Balaban J connectivity index is 1.60. The van der Waals surface area contributed by atoms with Crippen LogP contribution < -0.4 is 11.0 Å². The lowest BCUT2D eigenvalue weighted by molar-refractivity contribution is -0.384. The zero-order valence-electron chi connectivity index (χ0n) is 13.7. The minimum atomic E-state index is -0.517. The summed E-state index contributed by atoms with van der Waals surface area (Å²) in [5, 5.41) is 13.8. The summed E-state index contributed by atoms with van der Waals surface area (Å²) in [5.41, 5.74) is 1.47. The average molecular weight is 364 g/mol. The van der Waals surface area contributed by atoms with Crippen LogP contribution in [0.3, 0.4) is 0 Å². The summed E-state index contributed by atoms with van der Waals surface area (Å²) in [6, 6.07) is 14.0. The third-order valence-corrected chi connectivity index (χ3v) is 3.97. The Bertz CT molecular complexity index is 1230. The third-order valence-electron chi connectivity index (χ3n) is 3.97. The Morgan fingerprint density at radius 1 is 1.04 bits per heavy atom. The summed E-state index contributed by atoms with van der Waals surface area (Å²) in [6.07, 6.45) is 0. The second-order valence-corrected chi connectivity index (χ2v) is 5.73. The molecule has 2 aromatic heterocycles. The lowest BCUT2D eigenvalue weighted by Crippen LogP contribution is -2.10. The molecule has 0 spiro atoms. The number of aromatic amines is 2. The summed E-state index contributed by atoms with van der Waals surface area (Å²) >= 11 is 0. The highest BCUT2D eigenvalue weighted by molar-refractivity contribution is 6.03. The van der Waals surface area contributed by atoms with Crippen LogP contribution in [-0.4, -0.2) is 20.8 Å². The fraction of sp³-hybridized carbons (Fsp3) is 0. The molecule has 134 valence electrons. The van der Waals surface area contributed by atoms with Crippen molar-refractivity contribution >= 4 is 28.3 Å². The van der Waals surface area contributed by atoms with E-state index in [4.69, 9.17) is 4.42 Å². The minimum Gasteiger partial charge on any atom is -0.451 e. The molecular weight excluding hydrogens is 352 g/mol. The Morgan fingerprint density at radius 3 is 2.63 bits per heavy atom. The molecule has 0 bridgehead atoms. The Labute approximate surface area is 150 Å². The Morgan fingerprint density at radius 2 is 1.81 bits per heavy atom. The number of carbonyl (C=O) groups is 1. The first-order chi connectivity index (χ1) is 13.0. The van der Waals surface area contributed by atoms with E-state index in [-0.39, 0.29) is 28.5 Å². The smallest absolute Gasteiger partial charge is 0.323 e. The van der Waals surface area contributed by atoms with Crippen molar-refractivity contribution in [3.8, 4) is 11.3 Å². The largest absolute Gasteiger partial charge is 0.451 e. The Hall–Kier alpha value is -4.14. The Kier molecular flexibility index (Phi) is 3.81. The number of para-hydroxylation sites is 1. The second kappa shape index (κ2) is 6.30. The summed E-state index contributed by atoms with van der Waals surface area (Å²) in [7, 11) is 0. The van der Waals surface area contributed by atoms with Crippen molar-refractivity contribution in [3.05, 3.63) is 81.0 Å². The first kappa shape index (κ1) is 16.3. The van der Waals surface area contributed by atoms with Crippen LogP contribution in [-0.2, 0) is 0 Å². The van der Waals surface area contributed by atoms with Gasteiger partial charge in [-0.05, 0) is 36.4 Å². The summed E-state index contributed by atoms with van der Waals surface area (Å²) in [4.78, 5) is 39.5. The molecule has 0 aliphatic rings. The van der Waals surface area contributed by atoms with E-state index in [1.165, 1.54) is 18.2 Å². The lowest BCUT2D eigenvalue weighted by Gasteiger charge is -2.03. The van der Waals surface area contributed by atoms with Gasteiger partial charge in [0.05, 0.1) is 21.5 Å². The number of aromatic nitrogens is 2. The van der Waals surface area contributed by atoms with Crippen molar-refractivity contribution in [3.63, 3.8) is 0 Å². The van der Waals surface area contributed by atoms with Crippen molar-refractivity contribution in [2.45, 2.75) is 0 Å². The molecule has 9 heteroatoms. The van der Waals surface area contributed by atoms with Crippen molar-refractivity contribution < 1.29 is 14.1 Å². The number of nitro groups is 1. The van der Waals surface area contributed by atoms with Crippen LogP contribution in [0.2, 0.25) is 0 Å². The van der Waals surface area contributed by atoms with Crippen molar-refractivity contribution in [2.24, 2.45) is 0 Å². The predicted octanol–water partition coefficient (Wildman–Crippen LogP) is 3.28. The van der Waals surface area contributed by atoms with Gasteiger partial charge in [-0.25, -0.2) is 4.79 Å². The molecule has 0 fully saturated rings. The summed E-state index contributed by atoms with van der Waals surface area (Å²) in [6.45, 7) is 0. The maximum Gasteiger partial charge on any atom is 0.323 e. The van der Waals surface area contributed by atoms with Crippen LogP contribution in [0.1, 0.15) is 10.6 Å². The summed E-state index contributed by atoms with van der Waals surface area (Å²) < 4.78 is 5.51. The van der Waals surface area contributed by atoms with Gasteiger partial charge in [-0.2, -0.15) is 0 Å². The van der Waals surface area contributed by atoms with E-state index in [1.807, 2.05) is 0 Å². The van der Waals surface area contributed by atoms with Crippen LogP contribution in [0.4, 0.5) is 11.4 Å². The third kappa shape index (κ3) is 3.09. The SMILES string of the molecule is O=C(Nc1ccc2[nH]c(=O)[nH]c2c1)c1ccc(-c2ccccc2[N+](=O)[O-])o1. The van der Waals surface area contributed by atoms with E-state index < -0.39 is 10.8 Å². The molecule has 0 atom stereocenters. The number of hydrogen-bond acceptors (Lipinski definition) is 5. The van der Waals surface area contributed by atoms with Gasteiger partial charge >= 0.3 is 5.69 Å². The number of nitrogens with zero attached hydrogens (tertiary/aromatic N) is 1. The van der Waals surface area contributed by atoms with Gasteiger partial charge in [0.1, 0.15) is 5.76 Å². The van der Waals surface area contributed by atoms with E-state index in [9.17, 15) is 19.7 Å². The number of rotatable bonds is 4. The normalized spacial score (nSPS) is 10.8. The fourth-order valence-electron chi connectivity index (χ4n) is 2.75. The molecule has 2 heterocycles. The van der Waals surface area contributed by atoms with E-state index in [1.54, 1.807) is 36.4 Å². The van der Waals surface area contributed by atoms with Crippen molar-refractivity contribution in [1.29, 1.82) is 0 Å². The molecular formula is C18H12N4O5. The van der Waals surface area contributed by atoms with Gasteiger partial charge in [-0.1, -0.05) is 12.1 Å². The number of nitro benzene ring substituents is 1. The van der Waals surface area contributed by atoms with Crippen LogP contribution in [0.25, 0.3) is 22.4 Å². The molecule has 0 radical (unpaired) electrons. The van der Waals surface area contributed by atoms with Crippen LogP contribution in [0.15, 0.2) is 63.8 Å². The van der Waals surface area contributed by atoms with Crippen molar-refractivity contribution in [1.82, 2.24) is 9.97 Å². The number of hydrogen-bond donors (Lipinski definition) is 3. The molecule has 4 rings (SSSR count). The van der Waals surface area contributed by atoms with Crippen LogP contribution >= 0.6 is 0 Å². The first-order valence-electron chi connectivity index (χ1n) is 7.88. The quantitative estimate of drug-likeness (QED) is 0.377. The number of furan rings is 1. The van der Waals surface area contributed by atoms with Crippen molar-refractivity contribution in [2.75, 3.05) is 5.32 Å². The average Bonchev–Trinajstić information content (AvgIpc) is 3.27. The molecule has 0 unspecified atom stereocenters. The lowest BCUT2D eigenvalue weighted by atomic mass is 10.1. The zero-order chi connectivity index (χ0) is 19.0. The van der Waals surface area contributed by atoms with Gasteiger partial charge in [0.2, 0.25) is 0 Å².